The van der Waals surface area contributed by atoms with Crippen LogP contribution < -0.4 is 11.1 Å². The Hall–Kier alpha value is -1.06. The van der Waals surface area contributed by atoms with Gasteiger partial charge in [0, 0.05) is 11.1 Å². The Morgan fingerprint density at radius 2 is 1.81 bits per heavy atom. The van der Waals surface area contributed by atoms with Crippen LogP contribution in [0.3, 0.4) is 0 Å². The summed E-state index contributed by atoms with van der Waals surface area (Å²) in [6.07, 6.45) is 7.88. The molecule has 1 aliphatic carbocycles. The standard InChI is InChI=1S/C17H25ClN2O/c1-2-17(16(19)21,13-9-11-14(18)12-10-13)20-15-7-5-3-4-6-8-15/h9-12,15,20H,2-8H2,1H3,(H2,19,21). The fraction of sp³-hybridized carbons (Fsp3) is 0.588. The molecule has 1 aromatic carbocycles. The molecule has 0 radical (unpaired) electrons. The first-order chi connectivity index (χ1) is 10.1. The van der Waals surface area contributed by atoms with Crippen molar-refractivity contribution in [1.29, 1.82) is 0 Å². The Labute approximate surface area is 132 Å². The van der Waals surface area contributed by atoms with Crippen molar-refractivity contribution in [1.82, 2.24) is 5.32 Å². The van der Waals surface area contributed by atoms with Crippen molar-refractivity contribution in [3.8, 4) is 0 Å². The molecule has 1 aliphatic rings. The summed E-state index contributed by atoms with van der Waals surface area (Å²) in [6, 6.07) is 7.80. The summed E-state index contributed by atoms with van der Waals surface area (Å²) in [5, 5.41) is 4.25. The first-order valence-corrected chi connectivity index (χ1v) is 8.30. The van der Waals surface area contributed by atoms with E-state index in [9.17, 15) is 4.79 Å². The average molecular weight is 309 g/mol. The van der Waals surface area contributed by atoms with Gasteiger partial charge in [0.2, 0.25) is 5.91 Å². The maximum absolute atomic E-state index is 12.2. The first kappa shape index (κ1) is 16.3. The van der Waals surface area contributed by atoms with E-state index >= 15 is 0 Å². The van der Waals surface area contributed by atoms with Crippen LogP contribution in [0.25, 0.3) is 0 Å². The zero-order chi connectivity index (χ0) is 15.3. The zero-order valence-corrected chi connectivity index (χ0v) is 13.5. The van der Waals surface area contributed by atoms with Crippen molar-refractivity contribution in [2.24, 2.45) is 5.73 Å². The molecule has 21 heavy (non-hydrogen) atoms. The predicted molar refractivity (Wildman–Crippen MR) is 87.2 cm³/mol. The van der Waals surface area contributed by atoms with Gasteiger partial charge in [0.25, 0.3) is 0 Å². The van der Waals surface area contributed by atoms with Gasteiger partial charge >= 0.3 is 0 Å². The topological polar surface area (TPSA) is 55.1 Å². The van der Waals surface area contributed by atoms with Crippen LogP contribution in [0, 0.1) is 0 Å². The van der Waals surface area contributed by atoms with Gasteiger partial charge in [-0.1, -0.05) is 56.3 Å². The Morgan fingerprint density at radius 1 is 1.24 bits per heavy atom. The van der Waals surface area contributed by atoms with Gasteiger partial charge in [-0.05, 0) is 37.0 Å². The number of hydrogen-bond acceptors (Lipinski definition) is 2. The summed E-state index contributed by atoms with van der Waals surface area (Å²) in [5.74, 6) is -0.309. The predicted octanol–water partition coefficient (Wildman–Crippen LogP) is 3.74. The quantitative estimate of drug-likeness (QED) is 0.814. The Bertz CT molecular complexity index is 466. The Kier molecular flexibility index (Phi) is 5.65. The molecule has 1 atom stereocenters. The van der Waals surface area contributed by atoms with Gasteiger partial charge in [0.1, 0.15) is 5.54 Å². The van der Waals surface area contributed by atoms with E-state index in [1.165, 1.54) is 25.7 Å². The molecule has 116 valence electrons. The minimum absolute atomic E-state index is 0.309. The smallest absolute Gasteiger partial charge is 0.242 e. The molecule has 0 aliphatic heterocycles. The van der Waals surface area contributed by atoms with E-state index in [4.69, 9.17) is 17.3 Å². The van der Waals surface area contributed by atoms with E-state index in [0.717, 1.165) is 18.4 Å². The number of hydrogen-bond donors (Lipinski definition) is 2. The molecule has 1 amide bonds. The van der Waals surface area contributed by atoms with Gasteiger partial charge in [-0.15, -0.1) is 0 Å². The lowest BCUT2D eigenvalue weighted by molar-refractivity contribution is -0.125. The van der Waals surface area contributed by atoms with Crippen LogP contribution in [-0.2, 0) is 10.3 Å². The molecular formula is C17H25ClN2O. The Morgan fingerprint density at radius 3 is 2.29 bits per heavy atom. The maximum Gasteiger partial charge on any atom is 0.242 e. The normalized spacial score (nSPS) is 19.7. The average Bonchev–Trinajstić information content (AvgIpc) is 2.74. The van der Waals surface area contributed by atoms with E-state index in [0.29, 0.717) is 17.5 Å². The van der Waals surface area contributed by atoms with E-state index in [1.54, 1.807) is 0 Å². The van der Waals surface area contributed by atoms with Crippen molar-refractivity contribution < 1.29 is 4.79 Å². The van der Waals surface area contributed by atoms with Crippen molar-refractivity contribution in [2.45, 2.75) is 63.5 Å². The largest absolute Gasteiger partial charge is 0.368 e. The second-order valence-electron chi connectivity index (χ2n) is 5.96. The van der Waals surface area contributed by atoms with Crippen LogP contribution in [0.15, 0.2) is 24.3 Å². The third-order valence-electron chi connectivity index (χ3n) is 4.59. The Balaban J connectivity index is 2.27. The molecule has 4 heteroatoms. The van der Waals surface area contributed by atoms with Crippen LogP contribution in [-0.4, -0.2) is 11.9 Å². The van der Waals surface area contributed by atoms with E-state index in [2.05, 4.69) is 5.32 Å². The van der Waals surface area contributed by atoms with Gasteiger partial charge in [-0.3, -0.25) is 10.1 Å². The lowest BCUT2D eigenvalue weighted by Crippen LogP contribution is -2.55. The van der Waals surface area contributed by atoms with Gasteiger partial charge in [-0.25, -0.2) is 0 Å². The highest BCUT2D eigenvalue weighted by Gasteiger charge is 2.38. The van der Waals surface area contributed by atoms with Gasteiger partial charge in [0.15, 0.2) is 0 Å². The highest BCUT2D eigenvalue weighted by Crippen LogP contribution is 2.29. The summed E-state index contributed by atoms with van der Waals surface area (Å²) >= 11 is 5.96. The minimum atomic E-state index is -0.792. The number of carbonyl (C=O) groups is 1. The molecule has 1 fully saturated rings. The van der Waals surface area contributed by atoms with E-state index in [-0.39, 0.29) is 5.91 Å². The summed E-state index contributed by atoms with van der Waals surface area (Å²) < 4.78 is 0. The first-order valence-electron chi connectivity index (χ1n) is 7.92. The van der Waals surface area contributed by atoms with Crippen molar-refractivity contribution in [3.63, 3.8) is 0 Å². The van der Waals surface area contributed by atoms with Crippen molar-refractivity contribution in [2.75, 3.05) is 0 Å². The van der Waals surface area contributed by atoms with Crippen LogP contribution >= 0.6 is 11.6 Å². The van der Waals surface area contributed by atoms with Gasteiger partial charge < -0.3 is 5.73 Å². The maximum atomic E-state index is 12.2. The number of rotatable bonds is 5. The number of nitrogens with one attached hydrogen (secondary N) is 1. The molecule has 0 heterocycles. The second kappa shape index (κ2) is 7.28. The van der Waals surface area contributed by atoms with Crippen LogP contribution in [0.4, 0.5) is 0 Å². The van der Waals surface area contributed by atoms with Crippen molar-refractivity contribution >= 4 is 17.5 Å². The number of amides is 1. The number of carbonyl (C=O) groups excluding carboxylic acids is 1. The third kappa shape index (κ3) is 3.78. The molecule has 1 unspecified atom stereocenters. The fourth-order valence-corrected chi connectivity index (χ4v) is 3.41. The zero-order valence-electron chi connectivity index (χ0n) is 12.7. The highest BCUT2D eigenvalue weighted by atomic mass is 35.5. The number of nitrogens with two attached hydrogens (primary N) is 1. The van der Waals surface area contributed by atoms with Crippen LogP contribution in [0.5, 0.6) is 0 Å². The SMILES string of the molecule is CCC(NC1CCCCCC1)(C(N)=O)c1ccc(Cl)cc1. The van der Waals surface area contributed by atoms with Crippen molar-refractivity contribution in [3.05, 3.63) is 34.9 Å². The van der Waals surface area contributed by atoms with Gasteiger partial charge in [0.05, 0.1) is 0 Å². The highest BCUT2D eigenvalue weighted by molar-refractivity contribution is 6.30. The van der Waals surface area contributed by atoms with E-state index < -0.39 is 5.54 Å². The number of halogens is 1. The molecule has 3 N–H and O–H groups in total. The summed E-state index contributed by atoms with van der Waals surface area (Å²) in [7, 11) is 0. The second-order valence-corrected chi connectivity index (χ2v) is 6.40. The third-order valence-corrected chi connectivity index (χ3v) is 4.85. The van der Waals surface area contributed by atoms with Crippen LogP contribution in [0.2, 0.25) is 5.02 Å². The molecule has 0 saturated heterocycles. The summed E-state index contributed by atoms with van der Waals surface area (Å²) in [6.45, 7) is 2.00. The van der Waals surface area contributed by atoms with Gasteiger partial charge in [-0.2, -0.15) is 0 Å². The minimum Gasteiger partial charge on any atom is -0.368 e. The monoisotopic (exact) mass is 308 g/mol. The molecule has 0 bridgehead atoms. The summed E-state index contributed by atoms with van der Waals surface area (Å²) in [4.78, 5) is 12.2. The molecule has 0 aromatic heterocycles. The lowest BCUT2D eigenvalue weighted by Gasteiger charge is -2.35. The summed E-state index contributed by atoms with van der Waals surface area (Å²) in [5.41, 5.74) is 5.89. The molecule has 2 rings (SSSR count). The molecule has 0 spiro atoms. The number of primary amides is 1. The molecule has 3 nitrogen and oxygen atoms in total. The lowest BCUT2D eigenvalue weighted by atomic mass is 9.85. The molecule has 1 saturated carbocycles. The fourth-order valence-electron chi connectivity index (χ4n) is 3.28. The molecule has 1 aromatic rings. The number of benzene rings is 1. The molecular weight excluding hydrogens is 284 g/mol. The van der Waals surface area contributed by atoms with E-state index in [1.807, 2.05) is 31.2 Å². The van der Waals surface area contributed by atoms with Crippen LogP contribution in [0.1, 0.15) is 57.4 Å².